The van der Waals surface area contributed by atoms with Crippen LogP contribution in [0, 0.1) is 0 Å². The van der Waals surface area contributed by atoms with E-state index < -0.39 is 0 Å². The summed E-state index contributed by atoms with van der Waals surface area (Å²) >= 11 is 0. The van der Waals surface area contributed by atoms with Crippen LogP contribution in [0.2, 0.25) is 0 Å². The van der Waals surface area contributed by atoms with E-state index in [2.05, 4.69) is 22.5 Å². The van der Waals surface area contributed by atoms with E-state index in [9.17, 15) is 4.79 Å². The molecule has 0 aliphatic rings. The van der Waals surface area contributed by atoms with Crippen LogP contribution in [0.5, 0.6) is 0 Å². The fraction of sp³-hybridized carbons (Fsp3) is 0.333. The van der Waals surface area contributed by atoms with Crippen LogP contribution in [0.3, 0.4) is 0 Å². The molecule has 100 valence electrons. The highest BCUT2D eigenvalue weighted by Gasteiger charge is 2.13. The summed E-state index contributed by atoms with van der Waals surface area (Å²) in [6.07, 6.45) is 0.910. The molecule has 2 N–H and O–H groups in total. The van der Waals surface area contributed by atoms with E-state index in [1.165, 1.54) is 0 Å². The van der Waals surface area contributed by atoms with Crippen molar-refractivity contribution in [2.24, 2.45) is 0 Å². The summed E-state index contributed by atoms with van der Waals surface area (Å²) in [6, 6.07) is 9.63. The Hall–Kier alpha value is -2.10. The Balaban J connectivity index is 2.48. The van der Waals surface area contributed by atoms with Crippen molar-refractivity contribution in [2.45, 2.75) is 26.3 Å². The number of aromatic nitrogens is 1. The van der Waals surface area contributed by atoms with Crippen molar-refractivity contribution in [3.05, 3.63) is 35.9 Å². The van der Waals surface area contributed by atoms with Gasteiger partial charge in [0.05, 0.1) is 11.1 Å². The quantitative estimate of drug-likeness (QED) is 0.885. The van der Waals surface area contributed by atoms with Gasteiger partial charge in [0.1, 0.15) is 5.82 Å². The van der Waals surface area contributed by atoms with Crippen LogP contribution in [-0.2, 0) is 0 Å². The van der Waals surface area contributed by atoms with Gasteiger partial charge in [0.2, 0.25) is 0 Å². The van der Waals surface area contributed by atoms with Crippen LogP contribution in [-0.4, -0.2) is 24.0 Å². The van der Waals surface area contributed by atoms with Gasteiger partial charge in [-0.2, -0.15) is 0 Å². The minimum atomic E-state index is -0.0514. The standard InChI is InChI=1S/C15H19N3O/c1-4-10(2)17-15(19)12-9-14(16-3)18-13-8-6-5-7-11(12)13/h5-10H,4H2,1-3H3,(H,16,18)(H,17,19). The van der Waals surface area contributed by atoms with Gasteiger partial charge in [-0.1, -0.05) is 25.1 Å². The lowest BCUT2D eigenvalue weighted by Gasteiger charge is -2.13. The maximum atomic E-state index is 12.3. The summed E-state index contributed by atoms with van der Waals surface area (Å²) in [4.78, 5) is 16.8. The van der Waals surface area contributed by atoms with Crippen LogP contribution in [0.1, 0.15) is 30.6 Å². The summed E-state index contributed by atoms with van der Waals surface area (Å²) in [7, 11) is 1.80. The smallest absolute Gasteiger partial charge is 0.252 e. The molecular formula is C15H19N3O. The molecule has 1 aromatic heterocycles. The first-order chi connectivity index (χ1) is 9.15. The lowest BCUT2D eigenvalue weighted by molar-refractivity contribution is 0.0941. The number of benzene rings is 1. The highest BCUT2D eigenvalue weighted by Crippen LogP contribution is 2.20. The molecule has 0 spiro atoms. The third-order valence-electron chi connectivity index (χ3n) is 3.21. The number of nitrogens with one attached hydrogen (secondary N) is 2. The van der Waals surface area contributed by atoms with Crippen LogP contribution in [0.4, 0.5) is 5.82 Å². The van der Waals surface area contributed by atoms with E-state index in [1.807, 2.05) is 31.2 Å². The SMILES string of the molecule is CCC(C)NC(=O)c1cc(NC)nc2ccccc12. The average Bonchev–Trinajstić information content (AvgIpc) is 2.45. The number of anilines is 1. The molecule has 0 saturated heterocycles. The Morgan fingerprint density at radius 3 is 2.79 bits per heavy atom. The van der Waals surface area contributed by atoms with Gasteiger partial charge in [-0.05, 0) is 25.5 Å². The highest BCUT2D eigenvalue weighted by atomic mass is 16.1. The molecule has 0 aliphatic carbocycles. The molecule has 1 aromatic carbocycles. The normalized spacial score (nSPS) is 12.2. The predicted octanol–water partition coefficient (Wildman–Crippen LogP) is 2.80. The van der Waals surface area contributed by atoms with Gasteiger partial charge in [0.25, 0.3) is 5.91 Å². The Kier molecular flexibility index (Phi) is 4.00. The molecule has 1 atom stereocenters. The number of pyridine rings is 1. The van der Waals surface area contributed by atoms with E-state index in [0.717, 1.165) is 17.3 Å². The average molecular weight is 257 g/mol. The van der Waals surface area contributed by atoms with Crippen molar-refractivity contribution in [2.75, 3.05) is 12.4 Å². The molecule has 0 saturated carbocycles. The molecular weight excluding hydrogens is 238 g/mol. The Morgan fingerprint density at radius 1 is 1.37 bits per heavy atom. The van der Waals surface area contributed by atoms with Crippen LogP contribution in [0.25, 0.3) is 10.9 Å². The molecule has 4 nitrogen and oxygen atoms in total. The number of para-hydroxylation sites is 1. The molecule has 1 unspecified atom stereocenters. The minimum absolute atomic E-state index is 0.0514. The molecule has 2 rings (SSSR count). The monoisotopic (exact) mass is 257 g/mol. The van der Waals surface area contributed by atoms with Crippen molar-refractivity contribution in [3.8, 4) is 0 Å². The summed E-state index contributed by atoms with van der Waals surface area (Å²) in [6.45, 7) is 4.05. The van der Waals surface area contributed by atoms with Gasteiger partial charge in [0, 0.05) is 18.5 Å². The van der Waals surface area contributed by atoms with Crippen LogP contribution in [0.15, 0.2) is 30.3 Å². The van der Waals surface area contributed by atoms with Gasteiger partial charge in [-0.3, -0.25) is 4.79 Å². The first-order valence-corrected chi connectivity index (χ1v) is 6.54. The van der Waals surface area contributed by atoms with Gasteiger partial charge < -0.3 is 10.6 Å². The molecule has 0 bridgehead atoms. The third-order valence-corrected chi connectivity index (χ3v) is 3.21. The molecule has 2 aromatic rings. The molecule has 1 amide bonds. The van der Waals surface area contributed by atoms with E-state index >= 15 is 0 Å². The molecule has 4 heteroatoms. The number of amides is 1. The van der Waals surface area contributed by atoms with Gasteiger partial charge in [-0.25, -0.2) is 4.98 Å². The molecule has 1 heterocycles. The van der Waals surface area contributed by atoms with E-state index in [-0.39, 0.29) is 11.9 Å². The summed E-state index contributed by atoms with van der Waals surface area (Å²) in [5, 5.41) is 6.86. The number of hydrogen-bond donors (Lipinski definition) is 2. The Labute approximate surface area is 113 Å². The second-order valence-corrected chi connectivity index (χ2v) is 4.60. The number of hydrogen-bond acceptors (Lipinski definition) is 3. The molecule has 0 aliphatic heterocycles. The van der Waals surface area contributed by atoms with E-state index in [4.69, 9.17) is 0 Å². The summed E-state index contributed by atoms with van der Waals surface area (Å²) in [5.74, 6) is 0.650. The van der Waals surface area contributed by atoms with Crippen molar-refractivity contribution in [1.29, 1.82) is 0 Å². The number of nitrogens with zero attached hydrogens (tertiary/aromatic N) is 1. The minimum Gasteiger partial charge on any atom is -0.373 e. The van der Waals surface area contributed by atoms with Gasteiger partial charge in [0.15, 0.2) is 0 Å². The zero-order valence-electron chi connectivity index (χ0n) is 11.5. The molecule has 0 fully saturated rings. The lowest BCUT2D eigenvalue weighted by Crippen LogP contribution is -2.32. The van der Waals surface area contributed by atoms with Gasteiger partial charge in [-0.15, -0.1) is 0 Å². The topological polar surface area (TPSA) is 54.0 Å². The first kappa shape index (κ1) is 13.3. The third kappa shape index (κ3) is 2.84. The molecule has 19 heavy (non-hydrogen) atoms. The fourth-order valence-corrected chi connectivity index (χ4v) is 1.89. The second-order valence-electron chi connectivity index (χ2n) is 4.60. The Bertz CT molecular complexity index is 595. The zero-order chi connectivity index (χ0) is 13.8. The maximum Gasteiger partial charge on any atom is 0.252 e. The van der Waals surface area contributed by atoms with Crippen molar-refractivity contribution < 1.29 is 4.79 Å². The fourth-order valence-electron chi connectivity index (χ4n) is 1.89. The zero-order valence-corrected chi connectivity index (χ0v) is 11.5. The first-order valence-electron chi connectivity index (χ1n) is 6.54. The number of fused-ring (bicyclic) bond motifs is 1. The van der Waals surface area contributed by atoms with E-state index in [1.54, 1.807) is 13.1 Å². The van der Waals surface area contributed by atoms with Crippen LogP contribution < -0.4 is 10.6 Å². The Morgan fingerprint density at radius 2 is 2.11 bits per heavy atom. The van der Waals surface area contributed by atoms with Crippen molar-refractivity contribution in [1.82, 2.24) is 10.3 Å². The lowest BCUT2D eigenvalue weighted by atomic mass is 10.1. The largest absolute Gasteiger partial charge is 0.373 e. The summed E-state index contributed by atoms with van der Waals surface area (Å²) < 4.78 is 0. The predicted molar refractivity (Wildman–Crippen MR) is 78.5 cm³/mol. The second kappa shape index (κ2) is 5.69. The van der Waals surface area contributed by atoms with Crippen LogP contribution >= 0.6 is 0 Å². The van der Waals surface area contributed by atoms with Gasteiger partial charge >= 0.3 is 0 Å². The number of rotatable bonds is 4. The highest BCUT2D eigenvalue weighted by molar-refractivity contribution is 6.07. The maximum absolute atomic E-state index is 12.3. The van der Waals surface area contributed by atoms with Crippen molar-refractivity contribution in [3.63, 3.8) is 0 Å². The summed E-state index contributed by atoms with van der Waals surface area (Å²) in [5.41, 5.74) is 1.49. The van der Waals surface area contributed by atoms with E-state index in [0.29, 0.717) is 11.4 Å². The van der Waals surface area contributed by atoms with Crippen molar-refractivity contribution >= 4 is 22.6 Å². The molecule has 0 radical (unpaired) electrons. The number of carbonyl (C=O) groups is 1. The number of carbonyl (C=O) groups excluding carboxylic acids is 1.